The van der Waals surface area contributed by atoms with Crippen molar-refractivity contribution in [2.24, 2.45) is 5.73 Å². The van der Waals surface area contributed by atoms with E-state index >= 15 is 0 Å². The minimum atomic E-state index is -0.921. The standard InChI is InChI=1S/C22H30F2N6O/c1-14-12-26-22(28-21(14)29(2)3)27-15-5-7-16(8-6-15)30(4,13-20(25)31)17-9-10-18(23)19(24)11-17/h9-12,15-16H,5-8,13H2,1-4H3,(H2-,25,26,27,28,31)/p+1. The normalized spacial score (nSPS) is 20.7. The van der Waals surface area contributed by atoms with Crippen molar-refractivity contribution >= 4 is 23.4 Å². The summed E-state index contributed by atoms with van der Waals surface area (Å²) in [5.74, 6) is -0.841. The van der Waals surface area contributed by atoms with Crippen LogP contribution in [0, 0.1) is 18.6 Å². The molecule has 1 heterocycles. The third-order valence-corrected chi connectivity index (χ3v) is 6.18. The first-order valence-corrected chi connectivity index (χ1v) is 10.5. The summed E-state index contributed by atoms with van der Waals surface area (Å²) in [6.07, 6.45) is 5.09. The summed E-state index contributed by atoms with van der Waals surface area (Å²) in [6, 6.07) is 4.07. The number of halogens is 2. The number of nitrogens with two attached hydrogens (primary N) is 1. The monoisotopic (exact) mass is 433 g/mol. The first-order chi connectivity index (χ1) is 14.6. The molecule has 1 amide bonds. The Balaban J connectivity index is 1.73. The average molecular weight is 434 g/mol. The summed E-state index contributed by atoms with van der Waals surface area (Å²) in [5.41, 5.74) is 7.07. The number of amides is 1. The maximum Gasteiger partial charge on any atom is 0.273 e. The predicted octanol–water partition coefficient (Wildman–Crippen LogP) is 2.97. The zero-order chi connectivity index (χ0) is 22.8. The summed E-state index contributed by atoms with van der Waals surface area (Å²) >= 11 is 0. The number of primary amides is 1. The summed E-state index contributed by atoms with van der Waals surface area (Å²) in [4.78, 5) is 22.8. The number of hydrogen-bond donors (Lipinski definition) is 2. The molecule has 1 fully saturated rings. The van der Waals surface area contributed by atoms with Crippen LogP contribution in [0.2, 0.25) is 0 Å². The second kappa shape index (κ2) is 9.13. The van der Waals surface area contributed by atoms with Crippen LogP contribution in [0.3, 0.4) is 0 Å². The van der Waals surface area contributed by atoms with Crippen LogP contribution in [0.15, 0.2) is 24.4 Å². The lowest BCUT2D eigenvalue weighted by molar-refractivity contribution is -0.119. The Bertz CT molecular complexity index is 946. The average Bonchev–Trinajstić information content (AvgIpc) is 2.71. The highest BCUT2D eigenvalue weighted by molar-refractivity contribution is 5.78. The number of hydrogen-bond acceptors (Lipinski definition) is 5. The van der Waals surface area contributed by atoms with E-state index in [-0.39, 0.29) is 23.1 Å². The van der Waals surface area contributed by atoms with Crippen molar-refractivity contribution in [1.29, 1.82) is 0 Å². The molecule has 31 heavy (non-hydrogen) atoms. The lowest BCUT2D eigenvalue weighted by Crippen LogP contribution is -2.59. The molecule has 1 aliphatic rings. The van der Waals surface area contributed by atoms with E-state index in [0.29, 0.717) is 11.6 Å². The molecule has 3 rings (SSSR count). The van der Waals surface area contributed by atoms with Crippen molar-refractivity contribution in [3.05, 3.63) is 41.6 Å². The van der Waals surface area contributed by atoms with Gasteiger partial charge in [0.2, 0.25) is 5.95 Å². The van der Waals surface area contributed by atoms with Gasteiger partial charge >= 0.3 is 0 Å². The van der Waals surface area contributed by atoms with Crippen LogP contribution in [-0.2, 0) is 4.79 Å². The fourth-order valence-corrected chi connectivity index (χ4v) is 4.49. The van der Waals surface area contributed by atoms with Gasteiger partial charge in [0, 0.05) is 56.9 Å². The van der Waals surface area contributed by atoms with E-state index in [4.69, 9.17) is 5.73 Å². The number of aromatic nitrogens is 2. The molecule has 1 unspecified atom stereocenters. The smallest absolute Gasteiger partial charge is 0.273 e. The maximum absolute atomic E-state index is 13.9. The van der Waals surface area contributed by atoms with Gasteiger partial charge in [0.1, 0.15) is 11.5 Å². The van der Waals surface area contributed by atoms with Gasteiger partial charge in [-0.05, 0) is 25.8 Å². The van der Waals surface area contributed by atoms with Crippen LogP contribution in [0.4, 0.5) is 26.2 Å². The molecular weight excluding hydrogens is 402 g/mol. The van der Waals surface area contributed by atoms with Gasteiger partial charge in [-0.3, -0.25) is 9.28 Å². The highest BCUT2D eigenvalue weighted by Gasteiger charge is 2.39. The van der Waals surface area contributed by atoms with Gasteiger partial charge in [-0.25, -0.2) is 13.8 Å². The maximum atomic E-state index is 13.9. The Kier molecular flexibility index (Phi) is 6.74. The Morgan fingerprint density at radius 3 is 2.48 bits per heavy atom. The molecule has 1 saturated carbocycles. The molecule has 0 aliphatic heterocycles. The van der Waals surface area contributed by atoms with E-state index in [1.54, 1.807) is 6.20 Å². The van der Waals surface area contributed by atoms with Crippen molar-refractivity contribution in [3.8, 4) is 0 Å². The fraction of sp³-hybridized carbons (Fsp3) is 0.500. The summed E-state index contributed by atoms with van der Waals surface area (Å²) in [5, 5.41) is 3.42. The number of rotatable bonds is 7. The van der Waals surface area contributed by atoms with Gasteiger partial charge in [-0.15, -0.1) is 0 Å². The van der Waals surface area contributed by atoms with Gasteiger partial charge in [-0.1, -0.05) is 0 Å². The molecular formula is C22H31F2N6O+. The molecule has 0 spiro atoms. The van der Waals surface area contributed by atoms with Crippen molar-refractivity contribution in [2.45, 2.75) is 44.7 Å². The Morgan fingerprint density at radius 1 is 1.23 bits per heavy atom. The lowest BCUT2D eigenvalue weighted by atomic mass is 9.88. The molecule has 9 heteroatoms. The summed E-state index contributed by atoms with van der Waals surface area (Å²) in [7, 11) is 5.75. The minimum Gasteiger partial charge on any atom is -0.365 e. The van der Waals surface area contributed by atoms with Gasteiger partial charge in [0.15, 0.2) is 18.2 Å². The molecule has 168 valence electrons. The van der Waals surface area contributed by atoms with Crippen molar-refractivity contribution in [2.75, 3.05) is 37.9 Å². The zero-order valence-electron chi connectivity index (χ0n) is 18.5. The van der Waals surface area contributed by atoms with E-state index < -0.39 is 17.5 Å². The van der Waals surface area contributed by atoms with Gasteiger partial charge in [0.25, 0.3) is 5.91 Å². The SMILES string of the molecule is Cc1cnc(NC2CCC([N+](C)(CC(N)=O)c3ccc(F)c(F)c3)CC2)nc1N(C)C. The van der Waals surface area contributed by atoms with E-state index in [9.17, 15) is 13.6 Å². The van der Waals surface area contributed by atoms with Crippen LogP contribution in [0.25, 0.3) is 0 Å². The quantitative estimate of drug-likeness (QED) is 0.656. The van der Waals surface area contributed by atoms with E-state index in [2.05, 4.69) is 15.3 Å². The second-order valence-corrected chi connectivity index (χ2v) is 8.74. The van der Waals surface area contributed by atoms with E-state index in [1.165, 1.54) is 12.1 Å². The lowest BCUT2D eigenvalue weighted by Gasteiger charge is -2.43. The molecule has 1 aromatic heterocycles. The number of carbonyl (C=O) groups excluding carboxylic acids is 1. The largest absolute Gasteiger partial charge is 0.365 e. The number of quaternary nitrogens is 1. The molecule has 1 aliphatic carbocycles. The highest BCUT2D eigenvalue weighted by Crippen LogP contribution is 2.34. The number of anilines is 2. The minimum absolute atomic E-state index is 0.0289. The number of likely N-dealkylation sites (N-methyl/N-ethyl adjacent to an activating group) is 1. The van der Waals surface area contributed by atoms with Crippen molar-refractivity contribution in [3.63, 3.8) is 0 Å². The first kappa shape index (κ1) is 22.9. The number of benzene rings is 1. The van der Waals surface area contributed by atoms with E-state index in [1.807, 2.05) is 33.0 Å². The van der Waals surface area contributed by atoms with Crippen LogP contribution in [-0.4, -0.2) is 55.6 Å². The highest BCUT2D eigenvalue weighted by atomic mass is 19.2. The van der Waals surface area contributed by atoms with E-state index in [0.717, 1.165) is 43.1 Å². The third-order valence-electron chi connectivity index (χ3n) is 6.18. The fourth-order valence-electron chi connectivity index (χ4n) is 4.49. The predicted molar refractivity (Wildman–Crippen MR) is 119 cm³/mol. The van der Waals surface area contributed by atoms with Crippen LogP contribution in [0.1, 0.15) is 31.2 Å². The van der Waals surface area contributed by atoms with Crippen molar-refractivity contribution < 1.29 is 13.6 Å². The van der Waals surface area contributed by atoms with Gasteiger partial charge in [0.05, 0.1) is 13.1 Å². The van der Waals surface area contributed by atoms with Crippen molar-refractivity contribution in [1.82, 2.24) is 14.5 Å². The molecule has 0 saturated heterocycles. The first-order valence-electron chi connectivity index (χ1n) is 10.5. The number of nitrogens with zero attached hydrogens (tertiary/aromatic N) is 4. The van der Waals surface area contributed by atoms with Gasteiger partial charge in [-0.2, -0.15) is 4.98 Å². The number of aryl methyl sites for hydroxylation is 1. The molecule has 1 aromatic carbocycles. The van der Waals surface area contributed by atoms with Gasteiger partial charge < -0.3 is 16.0 Å². The summed E-state index contributed by atoms with van der Waals surface area (Å²) < 4.78 is 27.5. The molecule has 1 atom stereocenters. The second-order valence-electron chi connectivity index (χ2n) is 8.74. The van der Waals surface area contributed by atoms with Crippen LogP contribution >= 0.6 is 0 Å². The number of nitrogens with one attached hydrogen (secondary N) is 1. The third kappa shape index (κ3) is 5.10. The Hall–Kier alpha value is -2.81. The topological polar surface area (TPSA) is 84.1 Å². The molecule has 3 N–H and O–H groups in total. The Labute approximate surface area is 181 Å². The van der Waals surface area contributed by atoms with Crippen LogP contribution in [0.5, 0.6) is 0 Å². The Morgan fingerprint density at radius 2 is 1.90 bits per heavy atom. The molecule has 7 nitrogen and oxygen atoms in total. The number of carbonyl (C=O) groups is 1. The summed E-state index contributed by atoms with van der Waals surface area (Å²) in [6.45, 7) is 2.00. The molecule has 0 radical (unpaired) electrons. The van der Waals surface area contributed by atoms with Crippen LogP contribution < -0.4 is 20.4 Å². The zero-order valence-corrected chi connectivity index (χ0v) is 18.5. The molecule has 2 aromatic rings. The molecule has 0 bridgehead atoms.